The molecule has 0 spiro atoms. The van der Waals surface area contributed by atoms with Crippen LogP contribution >= 0.6 is 11.8 Å². The molecule has 0 fully saturated rings. The van der Waals surface area contributed by atoms with Crippen LogP contribution in [0, 0.1) is 0 Å². The summed E-state index contributed by atoms with van der Waals surface area (Å²) < 4.78 is 0. The maximum atomic E-state index is 12.3. The number of rotatable bonds is 8. The van der Waals surface area contributed by atoms with Crippen LogP contribution in [-0.4, -0.2) is 39.4 Å². The standard InChI is InChI=1S/C18H17NO5S/c20-15(13-7-3-1-4-8-13)19-18(16(21)22,17(23)24)11-12-25-14-9-5-2-6-10-14/h1-10H,11-12H2,(H,19,20)(H,21,22)(H,23,24). The number of carboxylic acids is 2. The molecule has 2 aromatic rings. The monoisotopic (exact) mass is 359 g/mol. The van der Waals surface area contributed by atoms with Crippen LogP contribution < -0.4 is 5.32 Å². The van der Waals surface area contributed by atoms with E-state index in [4.69, 9.17) is 0 Å². The van der Waals surface area contributed by atoms with Gasteiger partial charge in [-0.25, -0.2) is 9.59 Å². The summed E-state index contributed by atoms with van der Waals surface area (Å²) in [6, 6.07) is 17.1. The molecule has 3 N–H and O–H groups in total. The van der Waals surface area contributed by atoms with Crippen molar-refractivity contribution in [3.8, 4) is 0 Å². The third-order valence-corrected chi connectivity index (χ3v) is 4.60. The molecule has 6 nitrogen and oxygen atoms in total. The molecular formula is C18H17NO5S. The van der Waals surface area contributed by atoms with E-state index >= 15 is 0 Å². The van der Waals surface area contributed by atoms with E-state index in [2.05, 4.69) is 5.32 Å². The Labute approximate surface area is 148 Å². The Morgan fingerprint density at radius 3 is 1.92 bits per heavy atom. The summed E-state index contributed by atoms with van der Waals surface area (Å²) in [4.78, 5) is 36.5. The van der Waals surface area contributed by atoms with Crippen molar-refractivity contribution in [2.24, 2.45) is 0 Å². The summed E-state index contributed by atoms with van der Waals surface area (Å²) in [6.45, 7) is 0. The smallest absolute Gasteiger partial charge is 0.341 e. The second-order valence-corrected chi connectivity index (χ2v) is 6.42. The molecule has 0 aromatic heterocycles. The fourth-order valence-electron chi connectivity index (χ4n) is 2.17. The summed E-state index contributed by atoms with van der Waals surface area (Å²) in [7, 11) is 0. The molecule has 1 amide bonds. The highest BCUT2D eigenvalue weighted by Crippen LogP contribution is 2.23. The zero-order valence-corrected chi connectivity index (χ0v) is 14.0. The largest absolute Gasteiger partial charge is 0.479 e. The second-order valence-electron chi connectivity index (χ2n) is 5.25. The Balaban J connectivity index is 2.14. The first-order valence-corrected chi connectivity index (χ1v) is 8.46. The molecule has 0 atom stereocenters. The lowest BCUT2D eigenvalue weighted by Crippen LogP contribution is -2.60. The summed E-state index contributed by atoms with van der Waals surface area (Å²) in [5.41, 5.74) is -2.18. The molecule has 0 aliphatic heterocycles. The Hall–Kier alpha value is -2.80. The van der Waals surface area contributed by atoms with Crippen molar-refractivity contribution < 1.29 is 24.6 Å². The van der Waals surface area contributed by atoms with Crippen LogP contribution in [0.2, 0.25) is 0 Å². The molecule has 0 bridgehead atoms. The molecule has 0 unspecified atom stereocenters. The number of nitrogens with one attached hydrogen (secondary N) is 1. The van der Waals surface area contributed by atoms with Gasteiger partial charge in [-0.3, -0.25) is 4.79 Å². The summed E-state index contributed by atoms with van der Waals surface area (Å²) in [5, 5.41) is 21.1. The van der Waals surface area contributed by atoms with Gasteiger partial charge < -0.3 is 15.5 Å². The van der Waals surface area contributed by atoms with Crippen LogP contribution in [0.3, 0.4) is 0 Å². The Kier molecular flexibility index (Phi) is 6.19. The van der Waals surface area contributed by atoms with Gasteiger partial charge in [-0.15, -0.1) is 11.8 Å². The van der Waals surface area contributed by atoms with E-state index in [1.807, 2.05) is 30.3 Å². The van der Waals surface area contributed by atoms with Crippen LogP contribution in [0.4, 0.5) is 0 Å². The lowest BCUT2D eigenvalue weighted by molar-refractivity contribution is -0.158. The van der Waals surface area contributed by atoms with Crippen molar-refractivity contribution in [3.05, 3.63) is 66.2 Å². The predicted octanol–water partition coefficient (Wildman–Crippen LogP) is 2.51. The van der Waals surface area contributed by atoms with Gasteiger partial charge in [-0.1, -0.05) is 36.4 Å². The molecule has 2 rings (SSSR count). The Morgan fingerprint density at radius 2 is 1.40 bits per heavy atom. The van der Waals surface area contributed by atoms with Crippen LogP contribution in [-0.2, 0) is 9.59 Å². The molecule has 7 heteroatoms. The van der Waals surface area contributed by atoms with Gasteiger partial charge in [0.2, 0.25) is 5.54 Å². The van der Waals surface area contributed by atoms with Crippen LogP contribution in [0.25, 0.3) is 0 Å². The molecule has 0 aliphatic carbocycles. The maximum absolute atomic E-state index is 12.3. The Morgan fingerprint density at radius 1 is 0.880 bits per heavy atom. The van der Waals surface area contributed by atoms with Crippen molar-refractivity contribution in [2.75, 3.05) is 5.75 Å². The van der Waals surface area contributed by atoms with Gasteiger partial charge >= 0.3 is 11.9 Å². The zero-order chi connectivity index (χ0) is 18.3. The minimum absolute atomic E-state index is 0.199. The summed E-state index contributed by atoms with van der Waals surface area (Å²) in [6.07, 6.45) is -0.254. The lowest BCUT2D eigenvalue weighted by Gasteiger charge is -2.26. The number of amides is 1. The number of aliphatic carboxylic acids is 2. The van der Waals surface area contributed by atoms with Crippen molar-refractivity contribution >= 4 is 29.6 Å². The normalized spacial score (nSPS) is 10.9. The average Bonchev–Trinajstić information content (AvgIpc) is 2.62. The molecule has 25 heavy (non-hydrogen) atoms. The van der Waals surface area contributed by atoms with Crippen LogP contribution in [0.5, 0.6) is 0 Å². The van der Waals surface area contributed by atoms with Crippen LogP contribution in [0.1, 0.15) is 16.8 Å². The molecule has 0 aliphatic rings. The molecular weight excluding hydrogens is 342 g/mol. The highest BCUT2D eigenvalue weighted by molar-refractivity contribution is 7.99. The van der Waals surface area contributed by atoms with Crippen LogP contribution in [0.15, 0.2) is 65.6 Å². The van der Waals surface area contributed by atoms with Crippen molar-refractivity contribution in [1.29, 1.82) is 0 Å². The van der Waals surface area contributed by atoms with E-state index in [9.17, 15) is 24.6 Å². The highest BCUT2D eigenvalue weighted by atomic mass is 32.2. The molecule has 0 saturated carbocycles. The van der Waals surface area contributed by atoms with Crippen molar-refractivity contribution in [2.45, 2.75) is 16.9 Å². The molecule has 0 saturated heterocycles. The number of benzene rings is 2. The zero-order valence-electron chi connectivity index (χ0n) is 13.2. The molecule has 130 valence electrons. The first kappa shape index (κ1) is 18.5. The fourth-order valence-corrected chi connectivity index (χ4v) is 3.16. The quantitative estimate of drug-likeness (QED) is 0.494. The third-order valence-electron chi connectivity index (χ3n) is 3.58. The van der Waals surface area contributed by atoms with Gasteiger partial charge in [-0.2, -0.15) is 0 Å². The number of carboxylic acid groups (broad SMARTS) is 2. The minimum atomic E-state index is -2.38. The number of thioether (sulfide) groups is 1. The maximum Gasteiger partial charge on any atom is 0.341 e. The molecule has 2 aromatic carbocycles. The van der Waals surface area contributed by atoms with E-state index in [1.54, 1.807) is 18.2 Å². The summed E-state index contributed by atoms with van der Waals surface area (Å²) >= 11 is 1.33. The van der Waals surface area contributed by atoms with E-state index in [0.29, 0.717) is 0 Å². The van der Waals surface area contributed by atoms with Crippen molar-refractivity contribution in [3.63, 3.8) is 0 Å². The summed E-state index contributed by atoms with van der Waals surface area (Å²) in [5.74, 6) is -3.72. The molecule has 0 radical (unpaired) electrons. The van der Waals surface area contributed by atoms with E-state index in [0.717, 1.165) is 4.90 Å². The topological polar surface area (TPSA) is 104 Å². The van der Waals surface area contributed by atoms with E-state index < -0.39 is 23.4 Å². The third kappa shape index (κ3) is 4.60. The van der Waals surface area contributed by atoms with Crippen molar-refractivity contribution in [1.82, 2.24) is 5.32 Å². The number of carbonyl (C=O) groups is 3. The van der Waals surface area contributed by atoms with Gasteiger partial charge in [0, 0.05) is 22.6 Å². The van der Waals surface area contributed by atoms with E-state index in [-0.39, 0.29) is 17.7 Å². The second kappa shape index (κ2) is 8.34. The number of hydrogen-bond acceptors (Lipinski definition) is 4. The molecule has 0 heterocycles. The number of hydrogen-bond donors (Lipinski definition) is 3. The van der Waals surface area contributed by atoms with Gasteiger partial charge in [0.1, 0.15) is 0 Å². The van der Waals surface area contributed by atoms with Gasteiger partial charge in [0.15, 0.2) is 0 Å². The lowest BCUT2D eigenvalue weighted by atomic mass is 9.95. The van der Waals surface area contributed by atoms with Gasteiger partial charge in [-0.05, 0) is 24.3 Å². The number of carbonyl (C=O) groups excluding carboxylic acids is 1. The van der Waals surface area contributed by atoms with Gasteiger partial charge in [0.25, 0.3) is 5.91 Å². The minimum Gasteiger partial charge on any atom is -0.479 e. The average molecular weight is 359 g/mol. The van der Waals surface area contributed by atoms with Gasteiger partial charge in [0.05, 0.1) is 0 Å². The van der Waals surface area contributed by atoms with E-state index in [1.165, 1.54) is 23.9 Å². The first-order valence-electron chi connectivity index (χ1n) is 7.48. The highest BCUT2D eigenvalue weighted by Gasteiger charge is 2.47. The fraction of sp³-hybridized carbons (Fsp3) is 0.167. The first-order chi connectivity index (χ1) is 12.0. The predicted molar refractivity (Wildman–Crippen MR) is 93.7 cm³/mol. The SMILES string of the molecule is O=C(NC(CCSc1ccccc1)(C(=O)O)C(=O)O)c1ccccc1. The Bertz CT molecular complexity index is 735.